The lowest BCUT2D eigenvalue weighted by atomic mass is 10.2. The molecule has 0 aliphatic rings. The highest BCUT2D eigenvalue weighted by Gasteiger charge is 2.13. The molecule has 0 amide bonds. The Morgan fingerprint density at radius 1 is 1.54 bits per heavy atom. The Bertz CT molecular complexity index is 476. The van der Waals surface area contributed by atoms with Crippen LogP contribution in [-0.4, -0.2) is 30.9 Å². The fourth-order valence-electron chi connectivity index (χ4n) is 1.13. The monoisotopic (exact) mass is 178 g/mol. The van der Waals surface area contributed by atoms with Gasteiger partial charge >= 0.3 is 5.97 Å². The fourth-order valence-corrected chi connectivity index (χ4v) is 1.13. The van der Waals surface area contributed by atoms with Gasteiger partial charge in [-0.15, -0.1) is 5.10 Å². The molecule has 13 heavy (non-hydrogen) atoms. The van der Waals surface area contributed by atoms with Gasteiger partial charge in [0, 0.05) is 11.8 Å². The van der Waals surface area contributed by atoms with E-state index in [2.05, 4.69) is 15.3 Å². The van der Waals surface area contributed by atoms with Gasteiger partial charge in [0.25, 0.3) is 0 Å². The maximum Gasteiger partial charge on any atom is 0.355 e. The molecular weight excluding hydrogens is 172 g/mol. The highest BCUT2D eigenvalue weighted by molar-refractivity contribution is 5.87. The topological polar surface area (TPSA) is 80.4 Å². The largest absolute Gasteiger partial charge is 0.476 e. The van der Waals surface area contributed by atoms with E-state index in [0.29, 0.717) is 11.2 Å². The van der Waals surface area contributed by atoms with E-state index in [1.54, 1.807) is 6.92 Å². The van der Waals surface area contributed by atoms with Crippen LogP contribution >= 0.6 is 0 Å². The first-order valence-electron chi connectivity index (χ1n) is 3.59. The normalized spacial score (nSPS) is 10.5. The van der Waals surface area contributed by atoms with Crippen LogP contribution in [0, 0.1) is 6.92 Å². The van der Waals surface area contributed by atoms with Crippen molar-refractivity contribution in [2.75, 3.05) is 0 Å². The predicted molar refractivity (Wildman–Crippen MR) is 42.5 cm³/mol. The van der Waals surface area contributed by atoms with Crippen molar-refractivity contribution in [3.05, 3.63) is 23.7 Å². The third-order valence-corrected chi connectivity index (χ3v) is 1.71. The Kier molecular flexibility index (Phi) is 1.48. The smallest absolute Gasteiger partial charge is 0.355 e. The van der Waals surface area contributed by atoms with Gasteiger partial charge in [-0.1, -0.05) is 5.21 Å². The lowest BCUT2D eigenvalue weighted by Gasteiger charge is -2.00. The van der Waals surface area contributed by atoms with E-state index in [0.717, 1.165) is 0 Å². The lowest BCUT2D eigenvalue weighted by molar-refractivity contribution is 0.0686. The predicted octanol–water partition coefficient (Wildman–Crippen LogP) is 0.131. The molecule has 6 heteroatoms. The van der Waals surface area contributed by atoms with E-state index >= 15 is 0 Å². The minimum absolute atomic E-state index is 0.0995. The van der Waals surface area contributed by atoms with Crippen LogP contribution in [0.3, 0.4) is 0 Å². The molecule has 6 nitrogen and oxygen atoms in total. The van der Waals surface area contributed by atoms with Crippen LogP contribution in [0.15, 0.2) is 12.4 Å². The number of hydrogen-bond donors (Lipinski definition) is 1. The summed E-state index contributed by atoms with van der Waals surface area (Å²) in [6, 6.07) is 0. The van der Waals surface area contributed by atoms with Crippen molar-refractivity contribution in [1.29, 1.82) is 0 Å². The Hall–Kier alpha value is -1.98. The second-order valence-electron chi connectivity index (χ2n) is 2.60. The van der Waals surface area contributed by atoms with Crippen LogP contribution in [0.25, 0.3) is 5.65 Å². The Morgan fingerprint density at radius 2 is 2.31 bits per heavy atom. The second-order valence-corrected chi connectivity index (χ2v) is 2.60. The van der Waals surface area contributed by atoms with Crippen LogP contribution in [0.2, 0.25) is 0 Å². The molecule has 0 atom stereocenters. The second kappa shape index (κ2) is 2.51. The first kappa shape index (κ1) is 7.66. The standard InChI is InChI=1S/C7H6N4O2/c1-4-2-8-5-3-9-10-11(5)6(4)7(12)13/h2-3H,1H3,(H,12,13). The van der Waals surface area contributed by atoms with Gasteiger partial charge in [0.2, 0.25) is 0 Å². The molecule has 2 rings (SSSR count). The maximum absolute atomic E-state index is 10.8. The van der Waals surface area contributed by atoms with E-state index < -0.39 is 5.97 Å². The molecule has 2 aromatic heterocycles. The van der Waals surface area contributed by atoms with Crippen molar-refractivity contribution in [3.8, 4) is 0 Å². The van der Waals surface area contributed by atoms with Crippen molar-refractivity contribution >= 4 is 11.6 Å². The van der Waals surface area contributed by atoms with Gasteiger partial charge in [-0.05, 0) is 6.92 Å². The van der Waals surface area contributed by atoms with Crippen LogP contribution in [0.5, 0.6) is 0 Å². The van der Waals surface area contributed by atoms with Crippen LogP contribution in [0.4, 0.5) is 0 Å². The van der Waals surface area contributed by atoms with E-state index in [-0.39, 0.29) is 5.69 Å². The Labute approximate surface area is 72.8 Å². The number of fused-ring (bicyclic) bond motifs is 1. The molecule has 0 bridgehead atoms. The number of aromatic nitrogens is 4. The highest BCUT2D eigenvalue weighted by Crippen LogP contribution is 2.07. The van der Waals surface area contributed by atoms with Crippen molar-refractivity contribution in [2.24, 2.45) is 0 Å². The molecule has 0 radical (unpaired) electrons. The van der Waals surface area contributed by atoms with Gasteiger partial charge in [-0.2, -0.15) is 4.52 Å². The average Bonchev–Trinajstić information content (AvgIpc) is 2.50. The molecule has 0 aliphatic heterocycles. The zero-order valence-corrected chi connectivity index (χ0v) is 6.80. The minimum Gasteiger partial charge on any atom is -0.476 e. The maximum atomic E-state index is 10.8. The van der Waals surface area contributed by atoms with E-state index in [1.165, 1.54) is 16.9 Å². The van der Waals surface area contributed by atoms with Gasteiger partial charge < -0.3 is 5.11 Å². The minimum atomic E-state index is -1.03. The summed E-state index contributed by atoms with van der Waals surface area (Å²) < 4.78 is 1.21. The number of rotatable bonds is 1. The summed E-state index contributed by atoms with van der Waals surface area (Å²) in [5.41, 5.74) is 1.09. The van der Waals surface area contributed by atoms with Crippen LogP contribution in [0.1, 0.15) is 16.1 Å². The van der Waals surface area contributed by atoms with Crippen LogP contribution < -0.4 is 0 Å². The molecule has 0 aromatic carbocycles. The molecular formula is C7H6N4O2. The quantitative estimate of drug-likeness (QED) is 0.671. The van der Waals surface area contributed by atoms with Crippen molar-refractivity contribution in [3.63, 3.8) is 0 Å². The molecule has 0 saturated carbocycles. The number of aromatic carboxylic acids is 1. The van der Waals surface area contributed by atoms with E-state index in [9.17, 15) is 4.79 Å². The summed E-state index contributed by atoms with van der Waals surface area (Å²) in [6.45, 7) is 1.66. The molecule has 1 N–H and O–H groups in total. The summed E-state index contributed by atoms with van der Waals surface area (Å²) in [7, 11) is 0. The summed E-state index contributed by atoms with van der Waals surface area (Å²) >= 11 is 0. The molecule has 0 saturated heterocycles. The first-order chi connectivity index (χ1) is 6.20. The molecule has 0 unspecified atom stereocenters. The van der Waals surface area contributed by atoms with E-state index in [4.69, 9.17) is 5.11 Å². The van der Waals surface area contributed by atoms with Gasteiger partial charge in [-0.3, -0.25) is 0 Å². The van der Waals surface area contributed by atoms with Crippen molar-refractivity contribution < 1.29 is 9.90 Å². The fraction of sp³-hybridized carbons (Fsp3) is 0.143. The summed E-state index contributed by atoms with van der Waals surface area (Å²) in [5.74, 6) is -1.03. The molecule has 0 aliphatic carbocycles. The van der Waals surface area contributed by atoms with Crippen molar-refractivity contribution in [1.82, 2.24) is 19.8 Å². The first-order valence-corrected chi connectivity index (χ1v) is 3.59. The average molecular weight is 178 g/mol. The highest BCUT2D eigenvalue weighted by atomic mass is 16.4. The van der Waals surface area contributed by atoms with Gasteiger partial charge in [0.15, 0.2) is 11.3 Å². The molecule has 0 spiro atoms. The van der Waals surface area contributed by atoms with Gasteiger partial charge in [0.1, 0.15) is 0 Å². The number of carboxylic acid groups (broad SMARTS) is 1. The molecule has 66 valence electrons. The number of nitrogens with zero attached hydrogens (tertiary/aromatic N) is 4. The SMILES string of the molecule is Cc1cnc2cnnn2c1C(=O)O. The molecule has 2 aromatic rings. The third kappa shape index (κ3) is 1.03. The summed E-state index contributed by atoms with van der Waals surface area (Å²) in [4.78, 5) is 14.8. The number of hydrogen-bond acceptors (Lipinski definition) is 4. The van der Waals surface area contributed by atoms with Gasteiger partial charge in [-0.25, -0.2) is 9.78 Å². The van der Waals surface area contributed by atoms with Crippen molar-refractivity contribution in [2.45, 2.75) is 6.92 Å². The molecule has 0 fully saturated rings. The third-order valence-electron chi connectivity index (χ3n) is 1.71. The number of carbonyl (C=O) groups is 1. The van der Waals surface area contributed by atoms with Gasteiger partial charge in [0.05, 0.1) is 6.20 Å². The zero-order chi connectivity index (χ0) is 9.42. The molecule has 2 heterocycles. The lowest BCUT2D eigenvalue weighted by Crippen LogP contribution is -2.09. The zero-order valence-electron chi connectivity index (χ0n) is 6.80. The summed E-state index contributed by atoms with van der Waals surface area (Å²) in [6.07, 6.45) is 2.90. The number of carboxylic acids is 1. The van der Waals surface area contributed by atoms with Crippen LogP contribution in [-0.2, 0) is 0 Å². The van der Waals surface area contributed by atoms with E-state index in [1.807, 2.05) is 0 Å². The Balaban J connectivity index is 2.88. The Morgan fingerprint density at radius 3 is 3.00 bits per heavy atom. The summed E-state index contributed by atoms with van der Waals surface area (Å²) in [5, 5.41) is 16.1. The number of aryl methyl sites for hydroxylation is 1.